The predicted octanol–water partition coefficient (Wildman–Crippen LogP) is 2.12. The second-order valence-corrected chi connectivity index (χ2v) is 6.83. The molecule has 1 atom stereocenters. The van der Waals surface area contributed by atoms with E-state index in [1.165, 1.54) is 17.5 Å². The number of likely N-dealkylation sites (tertiary alicyclic amines) is 1. The third kappa shape index (κ3) is 4.73. The molecule has 1 unspecified atom stereocenters. The Morgan fingerprint density at radius 2 is 1.92 bits per heavy atom. The normalized spacial score (nSPS) is 22.4. The lowest BCUT2D eigenvalue weighted by Crippen LogP contribution is -2.46. The molecule has 0 aliphatic carbocycles. The molecule has 0 radical (unpaired) electrons. The molecule has 0 bridgehead atoms. The molecule has 0 aromatic heterocycles. The Labute approximate surface area is 152 Å². The van der Waals surface area contributed by atoms with E-state index in [4.69, 9.17) is 9.73 Å². The zero-order chi connectivity index (χ0) is 17.5. The van der Waals surface area contributed by atoms with Gasteiger partial charge in [-0.05, 0) is 30.9 Å². The largest absolute Gasteiger partial charge is 0.379 e. The molecule has 1 aromatic carbocycles. The second kappa shape index (κ2) is 9.20. The summed E-state index contributed by atoms with van der Waals surface area (Å²) in [7, 11) is 0. The fraction of sp³-hybridized carbons (Fsp3) is 0.650. The number of rotatable bonds is 5. The number of benzene rings is 1. The maximum absolute atomic E-state index is 5.49. The van der Waals surface area contributed by atoms with E-state index < -0.39 is 0 Å². The van der Waals surface area contributed by atoms with Crippen LogP contribution in [0.2, 0.25) is 0 Å². The summed E-state index contributed by atoms with van der Waals surface area (Å²) in [6.07, 6.45) is 2.28. The summed E-state index contributed by atoms with van der Waals surface area (Å²) in [4.78, 5) is 9.95. The molecule has 25 heavy (non-hydrogen) atoms. The summed E-state index contributed by atoms with van der Waals surface area (Å²) < 4.78 is 5.49. The van der Waals surface area contributed by atoms with Gasteiger partial charge in [0.1, 0.15) is 0 Å². The van der Waals surface area contributed by atoms with E-state index in [1.807, 2.05) is 0 Å². The summed E-state index contributed by atoms with van der Waals surface area (Å²) in [5.41, 5.74) is 2.74. The van der Waals surface area contributed by atoms with E-state index in [1.54, 1.807) is 0 Å². The van der Waals surface area contributed by atoms with Crippen LogP contribution in [0.1, 0.15) is 31.4 Å². The van der Waals surface area contributed by atoms with E-state index in [2.05, 4.69) is 53.2 Å². The van der Waals surface area contributed by atoms with Gasteiger partial charge in [0.15, 0.2) is 5.96 Å². The van der Waals surface area contributed by atoms with Crippen LogP contribution >= 0.6 is 0 Å². The van der Waals surface area contributed by atoms with Crippen molar-refractivity contribution in [3.8, 4) is 0 Å². The third-order valence-electron chi connectivity index (χ3n) is 5.26. The lowest BCUT2D eigenvalue weighted by atomic mass is 10.1. The van der Waals surface area contributed by atoms with Gasteiger partial charge in [-0.3, -0.25) is 4.90 Å². The molecule has 5 nitrogen and oxygen atoms in total. The fourth-order valence-corrected chi connectivity index (χ4v) is 3.82. The molecule has 2 fully saturated rings. The van der Waals surface area contributed by atoms with E-state index in [-0.39, 0.29) is 0 Å². The second-order valence-electron chi connectivity index (χ2n) is 6.83. The minimum Gasteiger partial charge on any atom is -0.379 e. The van der Waals surface area contributed by atoms with Gasteiger partial charge in [0, 0.05) is 38.8 Å². The third-order valence-corrected chi connectivity index (χ3v) is 5.26. The first-order valence-corrected chi connectivity index (χ1v) is 9.73. The molecular formula is C20H32N4O. The number of hydrogen-bond acceptors (Lipinski definition) is 3. The van der Waals surface area contributed by atoms with Crippen LogP contribution in [-0.2, 0) is 17.7 Å². The summed E-state index contributed by atoms with van der Waals surface area (Å²) in [6, 6.07) is 9.27. The zero-order valence-electron chi connectivity index (χ0n) is 15.7. The molecule has 138 valence electrons. The van der Waals surface area contributed by atoms with Gasteiger partial charge in [-0.25, -0.2) is 4.99 Å². The van der Waals surface area contributed by atoms with Gasteiger partial charge in [0.05, 0.1) is 19.8 Å². The van der Waals surface area contributed by atoms with Gasteiger partial charge in [-0.15, -0.1) is 0 Å². The SMILES string of the molecule is CCNC(=NCc1ccccc1CC)N1CCC(N2CCOCC2)C1. The average Bonchev–Trinajstić information content (AvgIpc) is 3.16. The number of nitrogens with one attached hydrogen (secondary N) is 1. The van der Waals surface area contributed by atoms with Crippen LogP contribution in [-0.4, -0.2) is 67.7 Å². The van der Waals surface area contributed by atoms with Crippen LogP contribution in [0.3, 0.4) is 0 Å². The molecule has 0 spiro atoms. The Morgan fingerprint density at radius 1 is 1.16 bits per heavy atom. The molecule has 2 aliphatic rings. The zero-order valence-corrected chi connectivity index (χ0v) is 15.7. The number of guanidine groups is 1. The molecule has 3 rings (SSSR count). The average molecular weight is 345 g/mol. The molecule has 5 heteroatoms. The maximum Gasteiger partial charge on any atom is 0.194 e. The van der Waals surface area contributed by atoms with Crippen molar-refractivity contribution in [3.05, 3.63) is 35.4 Å². The maximum atomic E-state index is 5.49. The summed E-state index contributed by atoms with van der Waals surface area (Å²) in [5.74, 6) is 1.06. The highest BCUT2D eigenvalue weighted by molar-refractivity contribution is 5.80. The Kier molecular flexibility index (Phi) is 6.70. The topological polar surface area (TPSA) is 40.1 Å². The van der Waals surface area contributed by atoms with Crippen molar-refractivity contribution in [2.24, 2.45) is 4.99 Å². The van der Waals surface area contributed by atoms with Crippen LogP contribution in [0.4, 0.5) is 0 Å². The minimum absolute atomic E-state index is 0.635. The Hall–Kier alpha value is -1.59. The van der Waals surface area contributed by atoms with Gasteiger partial charge in [-0.1, -0.05) is 31.2 Å². The Balaban J connectivity index is 1.64. The van der Waals surface area contributed by atoms with Crippen molar-refractivity contribution >= 4 is 5.96 Å². The van der Waals surface area contributed by atoms with Crippen molar-refractivity contribution in [1.29, 1.82) is 0 Å². The fourth-order valence-electron chi connectivity index (χ4n) is 3.82. The predicted molar refractivity (Wildman–Crippen MR) is 103 cm³/mol. The standard InChI is InChI=1S/C20H32N4O/c1-3-17-7-5-6-8-18(17)15-22-20(21-4-2)24-10-9-19(16-24)23-11-13-25-14-12-23/h5-8,19H,3-4,9-16H2,1-2H3,(H,21,22). The van der Waals surface area contributed by atoms with Gasteiger partial charge in [0.25, 0.3) is 0 Å². The highest BCUT2D eigenvalue weighted by Crippen LogP contribution is 2.18. The first-order valence-electron chi connectivity index (χ1n) is 9.73. The molecular weight excluding hydrogens is 312 g/mol. The first kappa shape index (κ1) is 18.2. The van der Waals surface area contributed by atoms with E-state index in [0.29, 0.717) is 6.04 Å². The van der Waals surface area contributed by atoms with Crippen molar-refractivity contribution in [2.45, 2.75) is 39.3 Å². The minimum atomic E-state index is 0.635. The van der Waals surface area contributed by atoms with Gasteiger partial charge in [-0.2, -0.15) is 0 Å². The lowest BCUT2D eigenvalue weighted by Gasteiger charge is -2.32. The van der Waals surface area contributed by atoms with Gasteiger partial charge >= 0.3 is 0 Å². The van der Waals surface area contributed by atoms with Crippen LogP contribution in [0.25, 0.3) is 0 Å². The molecule has 0 amide bonds. The molecule has 2 aliphatic heterocycles. The van der Waals surface area contributed by atoms with Crippen molar-refractivity contribution in [2.75, 3.05) is 45.9 Å². The van der Waals surface area contributed by atoms with E-state index in [9.17, 15) is 0 Å². The number of ether oxygens (including phenoxy) is 1. The van der Waals surface area contributed by atoms with Crippen molar-refractivity contribution in [1.82, 2.24) is 15.1 Å². The highest BCUT2D eigenvalue weighted by Gasteiger charge is 2.30. The number of nitrogens with zero attached hydrogens (tertiary/aromatic N) is 3. The van der Waals surface area contributed by atoms with E-state index >= 15 is 0 Å². The quantitative estimate of drug-likeness (QED) is 0.656. The number of aliphatic imine (C=N–C) groups is 1. The lowest BCUT2D eigenvalue weighted by molar-refractivity contribution is 0.0195. The van der Waals surface area contributed by atoms with E-state index in [0.717, 1.165) is 64.9 Å². The van der Waals surface area contributed by atoms with Gasteiger partial charge in [0.2, 0.25) is 0 Å². The van der Waals surface area contributed by atoms with Crippen LogP contribution < -0.4 is 5.32 Å². The molecule has 2 heterocycles. The first-order chi connectivity index (χ1) is 12.3. The van der Waals surface area contributed by atoms with Crippen molar-refractivity contribution < 1.29 is 4.74 Å². The van der Waals surface area contributed by atoms with Crippen LogP contribution in [0.15, 0.2) is 29.3 Å². The highest BCUT2D eigenvalue weighted by atomic mass is 16.5. The molecule has 1 aromatic rings. The summed E-state index contributed by atoms with van der Waals surface area (Å²) >= 11 is 0. The van der Waals surface area contributed by atoms with Crippen LogP contribution in [0, 0.1) is 0 Å². The smallest absolute Gasteiger partial charge is 0.194 e. The number of hydrogen-bond donors (Lipinski definition) is 1. The number of aryl methyl sites for hydroxylation is 1. The van der Waals surface area contributed by atoms with Crippen molar-refractivity contribution in [3.63, 3.8) is 0 Å². The summed E-state index contributed by atoms with van der Waals surface area (Å²) in [5, 5.41) is 3.49. The molecule has 0 saturated carbocycles. The van der Waals surface area contributed by atoms with Gasteiger partial charge < -0.3 is 15.0 Å². The molecule has 2 saturated heterocycles. The number of morpholine rings is 1. The van der Waals surface area contributed by atoms with Crippen LogP contribution in [0.5, 0.6) is 0 Å². The Bertz CT molecular complexity index is 569. The Morgan fingerprint density at radius 3 is 2.64 bits per heavy atom. The molecule has 1 N–H and O–H groups in total. The summed E-state index contributed by atoms with van der Waals surface area (Å²) in [6.45, 7) is 12.1. The monoisotopic (exact) mass is 344 g/mol.